The molecule has 0 aromatic heterocycles. The summed E-state index contributed by atoms with van der Waals surface area (Å²) in [6.45, 7) is 0.133. The van der Waals surface area contributed by atoms with Crippen molar-refractivity contribution in [3.8, 4) is 0 Å². The number of benzene rings is 1. The summed E-state index contributed by atoms with van der Waals surface area (Å²) in [4.78, 5) is 30.8. The smallest absolute Gasteiger partial charge is 0.414 e. The number of thiol groups is 1. The molecule has 15 heteroatoms. The maximum Gasteiger partial charge on any atom is 0.414 e. The Morgan fingerprint density at radius 1 is 1.28 bits per heavy atom. The number of ether oxygens (including phenoxy) is 1. The van der Waals surface area contributed by atoms with Crippen molar-refractivity contribution in [2.45, 2.75) is 6.10 Å². The molecule has 0 bridgehead atoms. The van der Waals surface area contributed by atoms with E-state index in [-0.39, 0.29) is 50.7 Å². The van der Waals surface area contributed by atoms with Gasteiger partial charge in [0.05, 0.1) is 12.2 Å². The van der Waals surface area contributed by atoms with Gasteiger partial charge in [-0.3, -0.25) is 14.5 Å². The number of carbonyl (C=O) groups is 2. The van der Waals surface area contributed by atoms with Gasteiger partial charge in [0, 0.05) is 52.4 Å². The van der Waals surface area contributed by atoms with Crippen molar-refractivity contribution >= 4 is 45.5 Å². The summed E-state index contributed by atoms with van der Waals surface area (Å²) in [5.74, 6) is -1.78. The topological polar surface area (TPSA) is 112 Å². The minimum Gasteiger partial charge on any atom is -0.441 e. The Bertz CT molecular complexity index is 967. The van der Waals surface area contributed by atoms with Crippen molar-refractivity contribution < 1.29 is 36.4 Å². The molecule has 0 unspecified atom stereocenters. The highest BCUT2D eigenvalue weighted by molar-refractivity contribution is 7.96. The van der Waals surface area contributed by atoms with E-state index in [0.717, 1.165) is 22.1 Å². The molecular weight excluding hydrogens is 472 g/mol. The van der Waals surface area contributed by atoms with Crippen molar-refractivity contribution in [2.24, 2.45) is 0 Å². The molecule has 0 saturated carbocycles. The molecule has 3 rings (SSSR count). The Morgan fingerprint density at radius 3 is 2.41 bits per heavy atom. The first-order valence-corrected chi connectivity index (χ1v) is 11.4. The first-order chi connectivity index (χ1) is 15.0. The predicted octanol–water partition coefficient (Wildman–Crippen LogP) is 0.789. The summed E-state index contributed by atoms with van der Waals surface area (Å²) in [7, 11) is -0.992. The lowest BCUT2D eigenvalue weighted by Gasteiger charge is -2.35. The monoisotopic (exact) mass is 495 g/mol. The zero-order valence-electron chi connectivity index (χ0n) is 17.3. The lowest BCUT2D eigenvalue weighted by Crippen LogP contribution is -2.51. The highest BCUT2D eigenvalue weighted by Crippen LogP contribution is 2.31. The Morgan fingerprint density at radius 2 is 1.88 bits per heavy atom. The zero-order chi connectivity index (χ0) is 23.6. The molecule has 0 radical (unpaired) electrons. The van der Waals surface area contributed by atoms with Crippen LogP contribution in [0.25, 0.3) is 0 Å². The Balaban J connectivity index is 1.69. The quantitative estimate of drug-likeness (QED) is 0.425. The zero-order valence-corrected chi connectivity index (χ0v) is 19.0. The molecule has 2 amide bonds. The standard InChI is InChI=1S/C17H23F2N5O6S2/c1-20-32(27,28)23-5-3-22(4-6-23)15-13(18)7-11(8-14(15)19)24-9-12(30-16(24)25)10-29-21(2)17(26)31/h7-8,12,20H,3-6,9-10H2,1-2H3,(H,26,31)/t12-/m0/s1. The van der Waals surface area contributed by atoms with Crippen LogP contribution in [-0.4, -0.2) is 88.6 Å². The largest absolute Gasteiger partial charge is 0.441 e. The van der Waals surface area contributed by atoms with Gasteiger partial charge < -0.3 is 9.64 Å². The van der Waals surface area contributed by atoms with Crippen molar-refractivity contribution in [3.05, 3.63) is 23.8 Å². The van der Waals surface area contributed by atoms with Crippen LogP contribution in [0.4, 0.5) is 29.7 Å². The van der Waals surface area contributed by atoms with Gasteiger partial charge in [-0.1, -0.05) is 12.6 Å². The van der Waals surface area contributed by atoms with Crippen LogP contribution in [0.3, 0.4) is 0 Å². The predicted molar refractivity (Wildman–Crippen MR) is 114 cm³/mol. The van der Waals surface area contributed by atoms with E-state index in [1.807, 2.05) is 0 Å². The number of hydrogen-bond donors (Lipinski definition) is 2. The van der Waals surface area contributed by atoms with Crippen molar-refractivity contribution in [2.75, 3.05) is 63.2 Å². The molecule has 1 atom stereocenters. The molecule has 0 aliphatic carbocycles. The van der Waals surface area contributed by atoms with E-state index in [1.54, 1.807) is 0 Å². The highest BCUT2D eigenvalue weighted by Gasteiger charge is 2.35. The first-order valence-electron chi connectivity index (χ1n) is 9.53. The van der Waals surface area contributed by atoms with Crippen molar-refractivity contribution in [1.29, 1.82) is 0 Å². The van der Waals surface area contributed by atoms with E-state index < -0.39 is 39.3 Å². The van der Waals surface area contributed by atoms with Crippen LogP contribution < -0.4 is 14.5 Å². The number of nitrogens with one attached hydrogen (secondary N) is 1. The fraction of sp³-hybridized carbons (Fsp3) is 0.529. The maximum atomic E-state index is 14.8. The lowest BCUT2D eigenvalue weighted by atomic mass is 10.2. The van der Waals surface area contributed by atoms with Crippen LogP contribution in [0.1, 0.15) is 0 Å². The summed E-state index contributed by atoms with van der Waals surface area (Å²) < 4.78 is 61.9. The Hall–Kier alpha value is -2.20. The number of cyclic esters (lactones) is 1. The van der Waals surface area contributed by atoms with Crippen molar-refractivity contribution in [3.63, 3.8) is 0 Å². The van der Waals surface area contributed by atoms with Crippen LogP contribution in [0.5, 0.6) is 0 Å². The van der Waals surface area contributed by atoms with Gasteiger partial charge in [-0.2, -0.15) is 12.7 Å². The molecule has 2 aliphatic heterocycles. The number of anilines is 2. The third-order valence-corrected chi connectivity index (χ3v) is 6.91. The van der Waals surface area contributed by atoms with Gasteiger partial charge in [-0.05, 0) is 0 Å². The van der Waals surface area contributed by atoms with E-state index in [9.17, 15) is 26.8 Å². The molecule has 2 heterocycles. The summed E-state index contributed by atoms with van der Waals surface area (Å²) in [5.41, 5.74) is -0.331. The number of halogens is 2. The summed E-state index contributed by atoms with van der Waals surface area (Å²) >= 11 is 3.58. The van der Waals surface area contributed by atoms with E-state index in [1.165, 1.54) is 23.3 Å². The van der Waals surface area contributed by atoms with E-state index in [4.69, 9.17) is 9.57 Å². The third-order valence-electron chi connectivity index (χ3n) is 5.06. The summed E-state index contributed by atoms with van der Waals surface area (Å²) in [6.07, 6.45) is -1.57. The number of hydroxylamine groups is 2. The molecule has 11 nitrogen and oxygen atoms in total. The molecule has 2 fully saturated rings. The number of amides is 2. The molecular formula is C17H23F2N5O6S2. The van der Waals surface area contributed by atoms with E-state index in [0.29, 0.717) is 0 Å². The average Bonchev–Trinajstić information content (AvgIpc) is 3.12. The number of hydrogen-bond acceptors (Lipinski definition) is 7. The fourth-order valence-corrected chi connectivity index (χ4v) is 4.32. The summed E-state index contributed by atoms with van der Waals surface area (Å²) in [6, 6.07) is 2.03. The van der Waals surface area contributed by atoms with Crippen molar-refractivity contribution in [1.82, 2.24) is 14.1 Å². The lowest BCUT2D eigenvalue weighted by molar-refractivity contribution is -0.113. The highest BCUT2D eigenvalue weighted by atomic mass is 32.2. The van der Waals surface area contributed by atoms with Gasteiger partial charge in [0.1, 0.15) is 18.4 Å². The molecule has 1 aromatic rings. The Labute approximate surface area is 189 Å². The third kappa shape index (κ3) is 5.23. The second-order valence-corrected chi connectivity index (χ2v) is 9.30. The SMILES string of the molecule is CNS(=O)(=O)N1CCN(c2c(F)cc(N3C[C@@H](CON(C)C(=O)S)OC3=O)cc2F)CC1. The van der Waals surface area contributed by atoms with E-state index in [2.05, 4.69) is 17.4 Å². The molecule has 2 aliphatic rings. The first kappa shape index (κ1) is 24.4. The molecule has 0 spiro atoms. The normalized spacial score (nSPS) is 19.9. The van der Waals surface area contributed by atoms with Gasteiger partial charge in [-0.15, -0.1) is 0 Å². The number of piperazine rings is 1. The molecule has 2 saturated heterocycles. The van der Waals surface area contributed by atoms with Gasteiger partial charge in [0.25, 0.3) is 10.2 Å². The fourth-order valence-electron chi connectivity index (χ4n) is 3.36. The number of nitrogens with zero attached hydrogens (tertiary/aromatic N) is 4. The number of rotatable bonds is 7. The average molecular weight is 496 g/mol. The van der Waals surface area contributed by atoms with Gasteiger partial charge in [-0.25, -0.2) is 23.4 Å². The van der Waals surface area contributed by atoms with Gasteiger partial charge >= 0.3 is 11.3 Å². The van der Waals surface area contributed by atoms with E-state index >= 15 is 0 Å². The second-order valence-electron chi connectivity index (χ2n) is 7.05. The van der Waals surface area contributed by atoms with Crippen LogP contribution >= 0.6 is 12.6 Å². The van der Waals surface area contributed by atoms with Crippen LogP contribution in [0.2, 0.25) is 0 Å². The molecule has 1 N–H and O–H groups in total. The molecule has 1 aromatic carbocycles. The number of carbonyl (C=O) groups excluding carboxylic acids is 2. The maximum absolute atomic E-state index is 14.8. The van der Waals surface area contributed by atoms with Crippen LogP contribution in [0.15, 0.2) is 12.1 Å². The second kappa shape index (κ2) is 9.74. The van der Waals surface area contributed by atoms with Crippen LogP contribution in [0, 0.1) is 11.6 Å². The minimum absolute atomic E-state index is 0.0355. The molecule has 178 valence electrons. The van der Waals surface area contributed by atoms with Crippen LogP contribution in [-0.2, 0) is 19.8 Å². The molecule has 32 heavy (non-hydrogen) atoms. The van der Waals surface area contributed by atoms with Gasteiger partial charge in [0.2, 0.25) is 0 Å². The minimum atomic E-state index is -3.62. The van der Waals surface area contributed by atoms with Gasteiger partial charge in [0.15, 0.2) is 11.6 Å². The summed E-state index contributed by atoms with van der Waals surface area (Å²) in [5, 5.41) is 0.213. The Kier molecular flexibility index (Phi) is 7.44.